The lowest BCUT2D eigenvalue weighted by atomic mass is 10.1. The van der Waals surface area contributed by atoms with E-state index in [9.17, 15) is 19.5 Å². The van der Waals surface area contributed by atoms with E-state index in [-0.39, 0.29) is 24.5 Å². The summed E-state index contributed by atoms with van der Waals surface area (Å²) in [5, 5.41) is 19.3. The number of ether oxygens (including phenoxy) is 1. The zero-order valence-electron chi connectivity index (χ0n) is 14.8. The summed E-state index contributed by atoms with van der Waals surface area (Å²) in [6.45, 7) is 6.68. The maximum Gasteiger partial charge on any atom is 0.341 e. The van der Waals surface area contributed by atoms with Crippen LogP contribution in [0.5, 0.6) is 5.75 Å². The number of carboxylic acids is 1. The van der Waals surface area contributed by atoms with E-state index in [4.69, 9.17) is 9.84 Å². The molecule has 2 aliphatic heterocycles. The van der Waals surface area contributed by atoms with E-state index in [1.165, 1.54) is 4.57 Å². The number of amides is 1. The fourth-order valence-corrected chi connectivity index (χ4v) is 3.54. The number of carbonyl (C=O) groups is 2. The number of hydrogen-bond acceptors (Lipinski definition) is 6. The Kier molecular flexibility index (Phi) is 5.01. The van der Waals surface area contributed by atoms with Crippen LogP contribution in [0.3, 0.4) is 0 Å². The van der Waals surface area contributed by atoms with Crippen molar-refractivity contribution in [1.82, 2.24) is 14.4 Å². The monoisotopic (exact) mass is 365 g/mol. The van der Waals surface area contributed by atoms with E-state index >= 15 is 0 Å². The quantitative estimate of drug-likeness (QED) is 0.764. The molecule has 1 atom stereocenters. The fourth-order valence-electron chi connectivity index (χ4n) is 3.54. The molecule has 1 aromatic heterocycles. The van der Waals surface area contributed by atoms with Gasteiger partial charge in [0.1, 0.15) is 11.7 Å². The van der Waals surface area contributed by atoms with Crippen molar-refractivity contribution in [3.8, 4) is 5.75 Å². The van der Waals surface area contributed by atoms with Crippen molar-refractivity contribution in [2.45, 2.75) is 39.1 Å². The van der Waals surface area contributed by atoms with Crippen molar-refractivity contribution in [1.29, 1.82) is 0 Å². The second kappa shape index (κ2) is 7.08. The molecule has 9 nitrogen and oxygen atoms in total. The van der Waals surface area contributed by atoms with Gasteiger partial charge in [-0.25, -0.2) is 4.79 Å². The van der Waals surface area contributed by atoms with Gasteiger partial charge in [0, 0.05) is 25.8 Å². The molecule has 26 heavy (non-hydrogen) atoms. The Bertz CT molecular complexity index is 787. The average Bonchev–Trinajstić information content (AvgIpc) is 2.58. The highest BCUT2D eigenvalue weighted by Gasteiger charge is 2.40. The summed E-state index contributed by atoms with van der Waals surface area (Å²) in [5.41, 5.74) is -1.72. The number of hydrogen-bond donors (Lipinski definition) is 2. The van der Waals surface area contributed by atoms with Gasteiger partial charge >= 0.3 is 5.97 Å². The molecular weight excluding hydrogens is 342 g/mol. The van der Waals surface area contributed by atoms with Crippen LogP contribution in [-0.2, 0) is 11.3 Å². The lowest BCUT2D eigenvalue weighted by Crippen LogP contribution is -2.61. The summed E-state index contributed by atoms with van der Waals surface area (Å²) in [6.07, 6.45) is 1.78. The fraction of sp³-hybridized carbons (Fsp3) is 0.588. The van der Waals surface area contributed by atoms with Crippen LogP contribution in [0.4, 0.5) is 0 Å². The molecule has 3 rings (SSSR count). The Hall–Kier alpha value is -2.39. The van der Waals surface area contributed by atoms with Gasteiger partial charge in [-0.15, -0.1) is 0 Å². The number of fused-ring (bicyclic) bond motifs is 2. The molecule has 1 unspecified atom stereocenters. The van der Waals surface area contributed by atoms with E-state index in [2.05, 4.69) is 4.90 Å². The van der Waals surface area contributed by atoms with Crippen LogP contribution >= 0.6 is 0 Å². The number of aromatic hydroxyl groups is 1. The van der Waals surface area contributed by atoms with E-state index in [1.807, 2.05) is 13.8 Å². The Morgan fingerprint density at radius 3 is 2.73 bits per heavy atom. The van der Waals surface area contributed by atoms with E-state index in [0.717, 1.165) is 19.2 Å². The van der Waals surface area contributed by atoms with E-state index in [1.54, 1.807) is 4.90 Å². The van der Waals surface area contributed by atoms with Gasteiger partial charge in [0.25, 0.3) is 5.91 Å². The van der Waals surface area contributed by atoms with Gasteiger partial charge in [-0.2, -0.15) is 0 Å². The van der Waals surface area contributed by atoms with Crippen LogP contribution in [0.15, 0.2) is 11.0 Å². The molecule has 3 heterocycles. The van der Waals surface area contributed by atoms with Gasteiger partial charge in [-0.3, -0.25) is 14.5 Å². The zero-order valence-corrected chi connectivity index (χ0v) is 14.8. The highest BCUT2D eigenvalue weighted by atomic mass is 16.5. The number of carboxylic acid groups (broad SMARTS) is 1. The summed E-state index contributed by atoms with van der Waals surface area (Å²) >= 11 is 0. The topological polar surface area (TPSA) is 112 Å². The lowest BCUT2D eigenvalue weighted by Gasteiger charge is -2.47. The zero-order chi connectivity index (χ0) is 19.0. The molecule has 0 bridgehead atoms. The Morgan fingerprint density at radius 2 is 2.08 bits per heavy atom. The Labute approximate surface area is 150 Å². The largest absolute Gasteiger partial charge is 0.503 e. The predicted octanol–water partition coefficient (Wildman–Crippen LogP) is 0.165. The van der Waals surface area contributed by atoms with Crippen LogP contribution in [0.25, 0.3) is 0 Å². The molecule has 2 aliphatic rings. The molecule has 142 valence electrons. The Balaban J connectivity index is 1.93. The van der Waals surface area contributed by atoms with E-state index < -0.39 is 28.6 Å². The minimum absolute atomic E-state index is 0.115. The standard InChI is InChI=1S/C17H23N3O6/c1-10(2)26-7-6-18-4-3-5-20-12(18)9-19-8-11(17(24)25)14(21)15(22)13(19)16(20)23/h8,10,12,22H,3-7,9H2,1-2H3,(H,24,25). The Morgan fingerprint density at radius 1 is 1.35 bits per heavy atom. The minimum Gasteiger partial charge on any atom is -0.503 e. The first kappa shape index (κ1) is 18.4. The second-order valence-electron chi connectivity index (χ2n) is 6.81. The number of pyridine rings is 1. The smallest absolute Gasteiger partial charge is 0.341 e. The van der Waals surface area contributed by atoms with Crippen LogP contribution in [-0.4, -0.2) is 75.0 Å². The average molecular weight is 365 g/mol. The molecule has 0 radical (unpaired) electrons. The SMILES string of the molecule is CC(C)OCCN1CCCN2C(=O)c3c(O)c(=O)c(C(=O)O)cn3CC12. The summed E-state index contributed by atoms with van der Waals surface area (Å²) in [6, 6.07) is 0. The third-order valence-corrected chi connectivity index (χ3v) is 4.77. The van der Waals surface area contributed by atoms with Gasteiger partial charge in [0.05, 0.1) is 19.3 Å². The van der Waals surface area contributed by atoms with Crippen molar-refractivity contribution in [2.75, 3.05) is 26.2 Å². The van der Waals surface area contributed by atoms with Crippen molar-refractivity contribution >= 4 is 11.9 Å². The molecule has 0 aromatic carbocycles. The van der Waals surface area contributed by atoms with Gasteiger partial charge < -0.3 is 24.4 Å². The van der Waals surface area contributed by atoms with Crippen LogP contribution < -0.4 is 5.43 Å². The number of aromatic nitrogens is 1. The molecule has 2 N–H and O–H groups in total. The molecule has 1 fully saturated rings. The van der Waals surface area contributed by atoms with Gasteiger partial charge in [-0.05, 0) is 20.3 Å². The maximum absolute atomic E-state index is 12.8. The van der Waals surface area contributed by atoms with Gasteiger partial charge in [0.15, 0.2) is 11.4 Å². The first-order chi connectivity index (χ1) is 12.3. The third-order valence-electron chi connectivity index (χ3n) is 4.77. The molecule has 1 aromatic rings. The predicted molar refractivity (Wildman–Crippen MR) is 91.4 cm³/mol. The summed E-state index contributed by atoms with van der Waals surface area (Å²) in [5.74, 6) is -2.68. The van der Waals surface area contributed by atoms with Crippen LogP contribution in [0.1, 0.15) is 41.1 Å². The minimum atomic E-state index is -1.43. The lowest BCUT2D eigenvalue weighted by molar-refractivity contribution is -0.0279. The third kappa shape index (κ3) is 3.19. The molecule has 1 amide bonds. The van der Waals surface area contributed by atoms with E-state index in [0.29, 0.717) is 19.7 Å². The van der Waals surface area contributed by atoms with Gasteiger partial charge in [0.2, 0.25) is 5.43 Å². The van der Waals surface area contributed by atoms with Crippen molar-refractivity contribution < 1.29 is 24.5 Å². The summed E-state index contributed by atoms with van der Waals surface area (Å²) in [7, 11) is 0. The number of aromatic carboxylic acids is 1. The number of carbonyl (C=O) groups excluding carboxylic acids is 1. The first-order valence-corrected chi connectivity index (χ1v) is 8.67. The van der Waals surface area contributed by atoms with Gasteiger partial charge in [-0.1, -0.05) is 0 Å². The number of nitrogens with zero attached hydrogens (tertiary/aromatic N) is 3. The van der Waals surface area contributed by atoms with Crippen molar-refractivity contribution in [2.24, 2.45) is 0 Å². The molecule has 0 aliphatic carbocycles. The normalized spacial score (nSPS) is 20.2. The number of rotatable bonds is 5. The second-order valence-corrected chi connectivity index (χ2v) is 6.81. The molecule has 9 heteroatoms. The molecule has 0 saturated carbocycles. The van der Waals surface area contributed by atoms with Crippen LogP contribution in [0.2, 0.25) is 0 Å². The molecule has 0 spiro atoms. The highest BCUT2D eigenvalue weighted by Crippen LogP contribution is 2.27. The highest BCUT2D eigenvalue weighted by molar-refractivity contribution is 5.97. The summed E-state index contributed by atoms with van der Waals surface area (Å²) in [4.78, 5) is 39.8. The van der Waals surface area contributed by atoms with Crippen molar-refractivity contribution in [3.63, 3.8) is 0 Å². The first-order valence-electron chi connectivity index (χ1n) is 8.67. The summed E-state index contributed by atoms with van der Waals surface area (Å²) < 4.78 is 6.98. The van der Waals surface area contributed by atoms with Crippen molar-refractivity contribution in [3.05, 3.63) is 27.7 Å². The maximum atomic E-state index is 12.8. The van der Waals surface area contributed by atoms with Crippen LogP contribution in [0, 0.1) is 0 Å². The molecule has 1 saturated heterocycles. The molecular formula is C17H23N3O6.